The topological polar surface area (TPSA) is 32.5 Å². The minimum Gasteiger partial charge on any atom is -0.329 e. The van der Waals surface area contributed by atoms with Gasteiger partial charge in [-0.15, -0.1) is 0 Å². The number of benzene rings is 1. The lowest BCUT2D eigenvalue weighted by Gasteiger charge is -2.41. The lowest BCUT2D eigenvalue weighted by Crippen LogP contribution is -2.52. The van der Waals surface area contributed by atoms with Crippen LogP contribution in [0.3, 0.4) is 0 Å². The fourth-order valence-corrected chi connectivity index (χ4v) is 3.61. The van der Waals surface area contributed by atoms with Crippen molar-refractivity contribution >= 4 is 0 Å². The predicted molar refractivity (Wildman–Crippen MR) is 79.1 cm³/mol. The van der Waals surface area contributed by atoms with E-state index >= 15 is 0 Å². The third-order valence-corrected chi connectivity index (χ3v) is 4.86. The Kier molecular flexibility index (Phi) is 4.06. The zero-order chi connectivity index (χ0) is 14.1. The highest BCUT2D eigenvalue weighted by molar-refractivity contribution is 5.26. The Morgan fingerprint density at radius 2 is 2.20 bits per heavy atom. The van der Waals surface area contributed by atoms with Gasteiger partial charge in [0, 0.05) is 38.3 Å². The fraction of sp³-hybridized carbons (Fsp3) is 0.625. The monoisotopic (exact) mass is 277 g/mol. The van der Waals surface area contributed by atoms with Crippen LogP contribution in [0, 0.1) is 12.7 Å². The summed E-state index contributed by atoms with van der Waals surface area (Å²) in [4.78, 5) is 5.02. The van der Waals surface area contributed by atoms with Crippen molar-refractivity contribution in [2.45, 2.75) is 31.8 Å². The molecule has 0 spiro atoms. The minimum absolute atomic E-state index is 0.125. The van der Waals surface area contributed by atoms with E-state index in [-0.39, 0.29) is 11.9 Å². The normalized spacial score (nSPS) is 25.6. The molecule has 2 aliphatic heterocycles. The Morgan fingerprint density at radius 1 is 1.35 bits per heavy atom. The molecule has 0 bridgehead atoms. The van der Waals surface area contributed by atoms with Crippen LogP contribution in [-0.4, -0.2) is 48.6 Å². The number of rotatable bonds is 3. The molecule has 3 nitrogen and oxygen atoms in total. The molecule has 2 N–H and O–H groups in total. The van der Waals surface area contributed by atoms with Gasteiger partial charge in [-0.2, -0.15) is 0 Å². The van der Waals surface area contributed by atoms with Crippen LogP contribution in [0.1, 0.15) is 30.0 Å². The summed E-state index contributed by atoms with van der Waals surface area (Å²) in [6.07, 6.45) is 2.60. The first-order chi connectivity index (χ1) is 9.69. The summed E-state index contributed by atoms with van der Waals surface area (Å²) in [6.45, 7) is 6.81. The standard InChI is InChI=1S/C16H24FN3/c1-12-4-5-13(9-15(12)17)16(10-18)20-8-7-19-6-2-3-14(19)11-20/h4-5,9,14,16H,2-3,6-8,10-11,18H2,1H3. The Bertz CT molecular complexity index is 477. The summed E-state index contributed by atoms with van der Waals surface area (Å²) in [6, 6.07) is 6.37. The van der Waals surface area contributed by atoms with Crippen LogP contribution in [0.15, 0.2) is 18.2 Å². The molecule has 0 radical (unpaired) electrons. The van der Waals surface area contributed by atoms with Gasteiger partial charge in [-0.25, -0.2) is 4.39 Å². The number of hydrogen-bond donors (Lipinski definition) is 1. The summed E-state index contributed by atoms with van der Waals surface area (Å²) < 4.78 is 13.8. The van der Waals surface area contributed by atoms with Crippen molar-refractivity contribution in [3.8, 4) is 0 Å². The molecule has 4 heteroatoms. The molecule has 0 aromatic heterocycles. The van der Waals surface area contributed by atoms with E-state index in [0.29, 0.717) is 18.2 Å². The quantitative estimate of drug-likeness (QED) is 0.916. The third-order valence-electron chi connectivity index (χ3n) is 4.86. The van der Waals surface area contributed by atoms with Crippen LogP contribution in [0.25, 0.3) is 0 Å². The molecule has 2 atom stereocenters. The largest absolute Gasteiger partial charge is 0.329 e. The van der Waals surface area contributed by atoms with E-state index in [9.17, 15) is 4.39 Å². The molecular formula is C16H24FN3. The Morgan fingerprint density at radius 3 is 2.95 bits per heavy atom. The summed E-state index contributed by atoms with van der Waals surface area (Å²) in [5, 5.41) is 0. The summed E-state index contributed by atoms with van der Waals surface area (Å²) >= 11 is 0. The number of piperazine rings is 1. The average molecular weight is 277 g/mol. The van der Waals surface area contributed by atoms with Crippen LogP contribution in [0.2, 0.25) is 0 Å². The first kappa shape index (κ1) is 14.0. The van der Waals surface area contributed by atoms with E-state index in [2.05, 4.69) is 9.80 Å². The second-order valence-electron chi connectivity index (χ2n) is 6.09. The smallest absolute Gasteiger partial charge is 0.126 e. The Balaban J connectivity index is 1.77. The van der Waals surface area contributed by atoms with E-state index in [1.54, 1.807) is 13.0 Å². The van der Waals surface area contributed by atoms with Gasteiger partial charge in [0.15, 0.2) is 0 Å². The van der Waals surface area contributed by atoms with Crippen molar-refractivity contribution in [1.29, 1.82) is 0 Å². The molecule has 0 amide bonds. The molecule has 2 saturated heterocycles. The molecule has 1 aromatic rings. The molecule has 1 aromatic carbocycles. The van der Waals surface area contributed by atoms with Crippen molar-refractivity contribution < 1.29 is 4.39 Å². The maximum atomic E-state index is 13.8. The summed E-state index contributed by atoms with van der Waals surface area (Å²) in [5.74, 6) is -0.125. The van der Waals surface area contributed by atoms with Crippen LogP contribution in [-0.2, 0) is 0 Å². The molecule has 3 rings (SSSR count). The lowest BCUT2D eigenvalue weighted by atomic mass is 10.0. The molecular weight excluding hydrogens is 253 g/mol. The van der Waals surface area contributed by atoms with Gasteiger partial charge >= 0.3 is 0 Å². The molecule has 2 aliphatic rings. The van der Waals surface area contributed by atoms with Gasteiger partial charge in [-0.3, -0.25) is 9.80 Å². The van der Waals surface area contributed by atoms with E-state index in [1.807, 2.05) is 12.1 Å². The molecule has 20 heavy (non-hydrogen) atoms. The third kappa shape index (κ3) is 2.60. The highest BCUT2D eigenvalue weighted by Crippen LogP contribution is 2.28. The van der Waals surface area contributed by atoms with Gasteiger partial charge in [-0.1, -0.05) is 12.1 Å². The van der Waals surface area contributed by atoms with E-state index < -0.39 is 0 Å². The maximum Gasteiger partial charge on any atom is 0.126 e. The van der Waals surface area contributed by atoms with Crippen molar-refractivity contribution in [2.75, 3.05) is 32.7 Å². The number of nitrogens with zero attached hydrogens (tertiary/aromatic N) is 2. The first-order valence-electron chi connectivity index (χ1n) is 7.63. The second kappa shape index (κ2) is 5.80. The molecule has 0 saturated carbocycles. The predicted octanol–water partition coefficient (Wildman–Crippen LogP) is 1.91. The van der Waals surface area contributed by atoms with E-state index in [0.717, 1.165) is 25.2 Å². The molecule has 0 aliphatic carbocycles. The highest BCUT2D eigenvalue weighted by atomic mass is 19.1. The second-order valence-corrected chi connectivity index (χ2v) is 6.09. The molecule has 2 heterocycles. The van der Waals surface area contributed by atoms with E-state index in [1.165, 1.54) is 19.4 Å². The van der Waals surface area contributed by atoms with Gasteiger partial charge in [0.05, 0.1) is 0 Å². The lowest BCUT2D eigenvalue weighted by molar-refractivity contribution is 0.0736. The van der Waals surface area contributed by atoms with Crippen LogP contribution < -0.4 is 5.73 Å². The van der Waals surface area contributed by atoms with Crippen LogP contribution in [0.5, 0.6) is 0 Å². The zero-order valence-corrected chi connectivity index (χ0v) is 12.2. The number of aryl methyl sites for hydroxylation is 1. The van der Waals surface area contributed by atoms with Gasteiger partial charge in [0.25, 0.3) is 0 Å². The van der Waals surface area contributed by atoms with Crippen molar-refractivity contribution in [3.05, 3.63) is 35.1 Å². The van der Waals surface area contributed by atoms with Crippen LogP contribution >= 0.6 is 0 Å². The minimum atomic E-state index is -0.125. The van der Waals surface area contributed by atoms with Crippen molar-refractivity contribution in [1.82, 2.24) is 9.80 Å². The Hall–Kier alpha value is -0.970. The number of nitrogens with two attached hydrogens (primary N) is 1. The fourth-order valence-electron chi connectivity index (χ4n) is 3.61. The molecule has 2 fully saturated rings. The van der Waals surface area contributed by atoms with Gasteiger partial charge in [0.1, 0.15) is 5.82 Å². The molecule has 110 valence electrons. The Labute approximate surface area is 120 Å². The highest BCUT2D eigenvalue weighted by Gasteiger charge is 2.33. The summed E-state index contributed by atoms with van der Waals surface area (Å²) in [7, 11) is 0. The van der Waals surface area contributed by atoms with Crippen molar-refractivity contribution in [3.63, 3.8) is 0 Å². The van der Waals surface area contributed by atoms with Gasteiger partial charge < -0.3 is 5.73 Å². The zero-order valence-electron chi connectivity index (χ0n) is 12.2. The van der Waals surface area contributed by atoms with Crippen LogP contribution in [0.4, 0.5) is 4.39 Å². The van der Waals surface area contributed by atoms with E-state index in [4.69, 9.17) is 5.73 Å². The number of hydrogen-bond acceptors (Lipinski definition) is 3. The molecule has 2 unspecified atom stereocenters. The average Bonchev–Trinajstić information content (AvgIpc) is 2.91. The maximum absolute atomic E-state index is 13.8. The number of halogens is 1. The van der Waals surface area contributed by atoms with Gasteiger partial charge in [0.2, 0.25) is 0 Å². The first-order valence-corrected chi connectivity index (χ1v) is 7.63. The summed E-state index contributed by atoms with van der Waals surface area (Å²) in [5.41, 5.74) is 7.70. The number of fused-ring (bicyclic) bond motifs is 1. The van der Waals surface area contributed by atoms with Crippen molar-refractivity contribution in [2.24, 2.45) is 5.73 Å². The SMILES string of the molecule is Cc1ccc(C(CN)N2CCN3CCCC3C2)cc1F. The van der Waals surface area contributed by atoms with Gasteiger partial charge in [-0.05, 0) is 43.5 Å².